The van der Waals surface area contributed by atoms with Gasteiger partial charge in [0.15, 0.2) is 8.32 Å². The van der Waals surface area contributed by atoms with Gasteiger partial charge in [0, 0.05) is 12.0 Å². The Bertz CT molecular complexity index is 150. The molecule has 1 saturated heterocycles. The van der Waals surface area contributed by atoms with E-state index in [0.717, 1.165) is 12.3 Å². The van der Waals surface area contributed by atoms with Gasteiger partial charge >= 0.3 is 0 Å². The van der Waals surface area contributed by atoms with Gasteiger partial charge in [0.2, 0.25) is 0 Å². The maximum absolute atomic E-state index is 6.12. The fourth-order valence-corrected chi connectivity index (χ4v) is 4.49. The van der Waals surface area contributed by atoms with Crippen molar-refractivity contribution in [3.05, 3.63) is 0 Å². The van der Waals surface area contributed by atoms with Crippen LogP contribution in [0.25, 0.3) is 0 Å². The molecule has 0 spiro atoms. The average Bonchev–Trinajstić information content (AvgIpc) is 2.03. The van der Waals surface area contributed by atoms with Crippen molar-refractivity contribution in [2.75, 3.05) is 5.88 Å². The first kappa shape index (κ1) is 11.5. The van der Waals surface area contributed by atoms with Gasteiger partial charge in [-0.2, -0.15) is 0 Å². The van der Waals surface area contributed by atoms with Crippen LogP contribution < -0.4 is 0 Å². The van der Waals surface area contributed by atoms with Gasteiger partial charge in [0.05, 0.1) is 0 Å². The van der Waals surface area contributed by atoms with Gasteiger partial charge in [-0.05, 0) is 44.8 Å². The van der Waals surface area contributed by atoms with Crippen molar-refractivity contribution >= 4 is 19.9 Å². The number of halogens is 1. The summed E-state index contributed by atoms with van der Waals surface area (Å²) in [4.78, 5) is 0. The van der Waals surface area contributed by atoms with E-state index in [1.54, 1.807) is 0 Å². The van der Waals surface area contributed by atoms with Crippen molar-refractivity contribution in [3.8, 4) is 0 Å². The molecule has 0 N–H and O–H groups in total. The highest BCUT2D eigenvalue weighted by molar-refractivity contribution is 6.71. The Labute approximate surface area is 87.9 Å². The molecule has 0 amide bonds. The van der Waals surface area contributed by atoms with E-state index in [4.69, 9.17) is 16.0 Å². The molecule has 0 aromatic rings. The van der Waals surface area contributed by atoms with Gasteiger partial charge in [0.1, 0.15) is 0 Å². The van der Waals surface area contributed by atoms with E-state index in [9.17, 15) is 0 Å². The third-order valence-electron chi connectivity index (χ3n) is 2.70. The van der Waals surface area contributed by atoms with E-state index in [0.29, 0.717) is 6.10 Å². The molecule has 13 heavy (non-hydrogen) atoms. The zero-order chi connectivity index (χ0) is 9.73. The summed E-state index contributed by atoms with van der Waals surface area (Å²) in [6.45, 7) is 4.67. The lowest BCUT2D eigenvalue weighted by atomic mass is 10.1. The number of hydrogen-bond acceptors (Lipinski definition) is 1. The molecular weight excluding hydrogens is 200 g/mol. The van der Waals surface area contributed by atoms with Crippen LogP contribution in [0.5, 0.6) is 0 Å². The Morgan fingerprint density at radius 3 is 2.77 bits per heavy atom. The number of alkyl halides is 1. The summed E-state index contributed by atoms with van der Waals surface area (Å²) in [5, 5.41) is 0. The van der Waals surface area contributed by atoms with Crippen LogP contribution in [-0.4, -0.2) is 20.3 Å². The van der Waals surface area contributed by atoms with Crippen molar-refractivity contribution in [2.45, 2.75) is 57.3 Å². The summed E-state index contributed by atoms with van der Waals surface area (Å²) >= 11 is 5.64. The molecule has 78 valence electrons. The number of hydrogen-bond donors (Lipinski definition) is 0. The van der Waals surface area contributed by atoms with E-state index in [2.05, 4.69) is 13.1 Å². The molecule has 1 nitrogen and oxygen atoms in total. The predicted octanol–water partition coefficient (Wildman–Crippen LogP) is 3.78. The molecule has 3 heteroatoms. The molecule has 1 atom stereocenters. The highest BCUT2D eigenvalue weighted by atomic mass is 35.5. The highest BCUT2D eigenvalue weighted by Gasteiger charge is 2.30. The molecule has 0 aliphatic carbocycles. The second-order valence-electron chi connectivity index (χ2n) is 4.58. The molecule has 1 unspecified atom stereocenters. The largest absolute Gasteiger partial charge is 0.414 e. The first-order valence-corrected chi connectivity index (χ1v) is 9.03. The third-order valence-corrected chi connectivity index (χ3v) is 5.50. The van der Waals surface area contributed by atoms with Crippen molar-refractivity contribution < 1.29 is 4.43 Å². The van der Waals surface area contributed by atoms with Crippen molar-refractivity contribution in [2.24, 2.45) is 0 Å². The SMILES string of the molecule is C[Si]1(C)CCCC(CCCCCl)O1. The van der Waals surface area contributed by atoms with E-state index in [1.807, 2.05) is 0 Å². The van der Waals surface area contributed by atoms with Crippen LogP contribution in [0.4, 0.5) is 0 Å². The van der Waals surface area contributed by atoms with Crippen LogP contribution in [0.15, 0.2) is 0 Å². The molecule has 1 fully saturated rings. The number of unbranched alkanes of at least 4 members (excludes halogenated alkanes) is 1. The van der Waals surface area contributed by atoms with Crippen molar-refractivity contribution in [3.63, 3.8) is 0 Å². The summed E-state index contributed by atoms with van der Waals surface area (Å²) in [5.41, 5.74) is 0. The Hall–Kier alpha value is 0.467. The molecule has 0 radical (unpaired) electrons. The molecule has 0 aromatic carbocycles. The van der Waals surface area contributed by atoms with Gasteiger partial charge < -0.3 is 4.43 Å². The van der Waals surface area contributed by atoms with E-state index < -0.39 is 8.32 Å². The maximum atomic E-state index is 6.12. The van der Waals surface area contributed by atoms with E-state index in [1.165, 1.54) is 31.7 Å². The lowest BCUT2D eigenvalue weighted by molar-refractivity contribution is 0.149. The Morgan fingerprint density at radius 1 is 1.38 bits per heavy atom. The topological polar surface area (TPSA) is 9.23 Å². The molecule has 1 rings (SSSR count). The zero-order valence-corrected chi connectivity index (χ0v) is 10.6. The fraction of sp³-hybridized carbons (Fsp3) is 1.00. The maximum Gasteiger partial charge on any atom is 0.187 e. The van der Waals surface area contributed by atoms with Crippen LogP contribution in [0.1, 0.15) is 32.1 Å². The monoisotopic (exact) mass is 220 g/mol. The van der Waals surface area contributed by atoms with Crippen LogP contribution in [0.2, 0.25) is 19.1 Å². The van der Waals surface area contributed by atoms with Crippen LogP contribution >= 0.6 is 11.6 Å². The fourth-order valence-electron chi connectivity index (χ4n) is 1.99. The lowest BCUT2D eigenvalue weighted by Crippen LogP contribution is -2.39. The quantitative estimate of drug-likeness (QED) is 0.398. The molecule has 1 aliphatic heterocycles. The van der Waals surface area contributed by atoms with Crippen molar-refractivity contribution in [1.82, 2.24) is 0 Å². The highest BCUT2D eigenvalue weighted by Crippen LogP contribution is 2.28. The average molecular weight is 221 g/mol. The van der Waals surface area contributed by atoms with Crippen molar-refractivity contribution in [1.29, 1.82) is 0 Å². The minimum atomic E-state index is -1.25. The minimum Gasteiger partial charge on any atom is -0.414 e. The Kier molecular flexibility index (Phi) is 4.77. The minimum absolute atomic E-state index is 0.554. The molecule has 0 bridgehead atoms. The summed E-state index contributed by atoms with van der Waals surface area (Å²) in [6, 6.07) is 1.35. The Morgan fingerprint density at radius 2 is 2.15 bits per heavy atom. The predicted molar refractivity (Wildman–Crippen MR) is 61.0 cm³/mol. The van der Waals surface area contributed by atoms with Crippen LogP contribution in [0.3, 0.4) is 0 Å². The Balaban J connectivity index is 2.19. The first-order valence-electron chi connectivity index (χ1n) is 5.38. The van der Waals surface area contributed by atoms with Gasteiger partial charge in [-0.25, -0.2) is 0 Å². The normalized spacial score (nSPS) is 27.5. The molecule has 0 saturated carbocycles. The van der Waals surface area contributed by atoms with Gasteiger partial charge in [0.25, 0.3) is 0 Å². The molecule has 0 aromatic heterocycles. The van der Waals surface area contributed by atoms with Crippen LogP contribution in [-0.2, 0) is 4.43 Å². The van der Waals surface area contributed by atoms with E-state index in [-0.39, 0.29) is 0 Å². The summed E-state index contributed by atoms with van der Waals surface area (Å²) in [6.07, 6.45) is 6.81. The zero-order valence-electron chi connectivity index (χ0n) is 8.81. The van der Waals surface area contributed by atoms with E-state index >= 15 is 0 Å². The lowest BCUT2D eigenvalue weighted by Gasteiger charge is -2.34. The summed E-state index contributed by atoms with van der Waals surface area (Å²) < 4.78 is 6.12. The van der Waals surface area contributed by atoms with Gasteiger partial charge in [-0.15, -0.1) is 11.6 Å². The summed E-state index contributed by atoms with van der Waals surface area (Å²) in [7, 11) is -1.25. The molecular formula is C10H21ClOSi. The second kappa shape index (κ2) is 5.37. The molecule has 1 heterocycles. The number of rotatable bonds is 4. The van der Waals surface area contributed by atoms with Gasteiger partial charge in [-0.3, -0.25) is 0 Å². The summed E-state index contributed by atoms with van der Waals surface area (Å²) in [5.74, 6) is 0.799. The first-order chi connectivity index (χ1) is 6.14. The molecule has 1 aliphatic rings. The van der Waals surface area contributed by atoms with Crippen LogP contribution in [0, 0.1) is 0 Å². The standard InChI is InChI=1S/C10H21ClOSi/c1-13(2)9-5-7-10(12-13)6-3-4-8-11/h10H,3-9H2,1-2H3. The second-order valence-corrected chi connectivity index (χ2v) is 9.21. The van der Waals surface area contributed by atoms with Gasteiger partial charge in [-0.1, -0.05) is 6.42 Å². The smallest absolute Gasteiger partial charge is 0.187 e. The third kappa shape index (κ3) is 4.48.